The van der Waals surface area contributed by atoms with Crippen molar-refractivity contribution in [3.05, 3.63) is 23.7 Å². The van der Waals surface area contributed by atoms with Crippen molar-refractivity contribution in [1.29, 1.82) is 0 Å². The molecule has 1 aromatic heterocycles. The minimum Gasteiger partial charge on any atom is -0.465 e. The number of hydrogen-bond acceptors (Lipinski definition) is 3. The maximum absolute atomic E-state index is 5.48. The molecule has 0 amide bonds. The predicted molar refractivity (Wildman–Crippen MR) is 70.2 cm³/mol. The van der Waals surface area contributed by atoms with Gasteiger partial charge in [0.25, 0.3) is 0 Å². The van der Waals surface area contributed by atoms with E-state index >= 15 is 0 Å². The van der Waals surface area contributed by atoms with E-state index in [1.807, 2.05) is 19.1 Å². The highest BCUT2D eigenvalue weighted by molar-refractivity contribution is 5.85. The summed E-state index contributed by atoms with van der Waals surface area (Å²) in [6, 6.07) is 4.63. The van der Waals surface area contributed by atoms with Crippen LogP contribution in [0.3, 0.4) is 0 Å². The van der Waals surface area contributed by atoms with Crippen molar-refractivity contribution in [1.82, 2.24) is 10.2 Å². The first-order chi connectivity index (χ1) is 7.13. The first-order valence-electron chi connectivity index (χ1n) is 5.56. The van der Waals surface area contributed by atoms with E-state index in [0.717, 1.165) is 31.0 Å². The lowest BCUT2D eigenvalue weighted by Gasteiger charge is -2.22. The second-order valence-corrected chi connectivity index (χ2v) is 4.17. The van der Waals surface area contributed by atoms with Gasteiger partial charge in [-0.15, -0.1) is 12.4 Å². The molecule has 1 rings (SSSR count). The fraction of sp³-hybridized carbons (Fsp3) is 0.667. The van der Waals surface area contributed by atoms with Crippen LogP contribution in [0.1, 0.15) is 24.9 Å². The molecule has 0 aliphatic carbocycles. The molecule has 1 aromatic rings. The number of furan rings is 1. The third-order valence-corrected chi connectivity index (χ3v) is 2.68. The number of aryl methyl sites for hydroxylation is 1. The van der Waals surface area contributed by atoms with Gasteiger partial charge in [-0.05, 0) is 39.6 Å². The molecule has 0 saturated heterocycles. The third-order valence-electron chi connectivity index (χ3n) is 2.68. The van der Waals surface area contributed by atoms with Crippen molar-refractivity contribution < 1.29 is 4.42 Å². The Morgan fingerprint density at radius 2 is 2.06 bits per heavy atom. The van der Waals surface area contributed by atoms with Crippen LogP contribution in [0, 0.1) is 6.92 Å². The van der Waals surface area contributed by atoms with E-state index in [1.54, 1.807) is 0 Å². The summed E-state index contributed by atoms with van der Waals surface area (Å²) in [5.41, 5.74) is 0. The van der Waals surface area contributed by atoms with Gasteiger partial charge in [-0.25, -0.2) is 0 Å². The summed E-state index contributed by atoms with van der Waals surface area (Å²) in [6.07, 6.45) is 1.16. The van der Waals surface area contributed by atoms with E-state index in [2.05, 4.69) is 31.2 Å². The van der Waals surface area contributed by atoms with Gasteiger partial charge in [0, 0.05) is 12.6 Å². The molecule has 0 spiro atoms. The van der Waals surface area contributed by atoms with Crippen LogP contribution in [0.5, 0.6) is 0 Å². The zero-order valence-corrected chi connectivity index (χ0v) is 11.4. The summed E-state index contributed by atoms with van der Waals surface area (Å²) < 4.78 is 5.48. The molecule has 0 aliphatic heterocycles. The Morgan fingerprint density at radius 3 is 2.50 bits per heavy atom. The van der Waals surface area contributed by atoms with E-state index in [0.29, 0.717) is 6.04 Å². The Balaban J connectivity index is 0.00000225. The summed E-state index contributed by atoms with van der Waals surface area (Å²) in [5.74, 6) is 1.99. The zero-order valence-electron chi connectivity index (χ0n) is 10.6. The first-order valence-corrected chi connectivity index (χ1v) is 5.56. The summed E-state index contributed by atoms with van der Waals surface area (Å²) in [6.45, 7) is 6.00. The largest absolute Gasteiger partial charge is 0.465 e. The third kappa shape index (κ3) is 5.01. The Labute approximate surface area is 105 Å². The maximum atomic E-state index is 5.48. The minimum absolute atomic E-state index is 0. The lowest BCUT2D eigenvalue weighted by molar-refractivity contribution is 0.273. The second kappa shape index (κ2) is 7.71. The molecule has 0 radical (unpaired) electrons. The second-order valence-electron chi connectivity index (χ2n) is 4.17. The zero-order chi connectivity index (χ0) is 11.3. The molecule has 0 fully saturated rings. The van der Waals surface area contributed by atoms with Crippen molar-refractivity contribution in [2.24, 2.45) is 0 Å². The fourth-order valence-corrected chi connectivity index (χ4v) is 1.63. The van der Waals surface area contributed by atoms with Gasteiger partial charge < -0.3 is 14.6 Å². The number of hydrogen-bond donors (Lipinski definition) is 1. The SMILES string of the molecule is CCC(CNCc1ccc(C)o1)N(C)C.Cl. The van der Waals surface area contributed by atoms with Crippen molar-refractivity contribution in [3.63, 3.8) is 0 Å². The van der Waals surface area contributed by atoms with E-state index < -0.39 is 0 Å². The molecule has 4 heteroatoms. The van der Waals surface area contributed by atoms with Gasteiger partial charge in [0.05, 0.1) is 6.54 Å². The molecule has 1 unspecified atom stereocenters. The van der Waals surface area contributed by atoms with E-state index in [9.17, 15) is 0 Å². The first kappa shape index (κ1) is 15.5. The van der Waals surface area contributed by atoms with Crippen LogP contribution in [-0.4, -0.2) is 31.6 Å². The normalized spacial score (nSPS) is 12.6. The highest BCUT2D eigenvalue weighted by atomic mass is 35.5. The standard InChI is InChI=1S/C12H22N2O.ClH/c1-5-11(14(3)4)8-13-9-12-7-6-10(2)15-12;/h6-7,11,13H,5,8-9H2,1-4H3;1H. The van der Waals surface area contributed by atoms with Crippen LogP contribution in [0.25, 0.3) is 0 Å². The Hall–Kier alpha value is -0.510. The molecule has 0 bridgehead atoms. The number of halogens is 1. The number of likely N-dealkylation sites (N-methyl/N-ethyl adjacent to an activating group) is 1. The smallest absolute Gasteiger partial charge is 0.117 e. The van der Waals surface area contributed by atoms with Gasteiger partial charge in [0.1, 0.15) is 11.5 Å². The maximum Gasteiger partial charge on any atom is 0.117 e. The van der Waals surface area contributed by atoms with Gasteiger partial charge in [0.2, 0.25) is 0 Å². The number of rotatable bonds is 6. The van der Waals surface area contributed by atoms with Crippen LogP contribution in [0.2, 0.25) is 0 Å². The summed E-state index contributed by atoms with van der Waals surface area (Å²) in [5, 5.41) is 3.41. The lowest BCUT2D eigenvalue weighted by atomic mass is 10.2. The average Bonchev–Trinajstić information content (AvgIpc) is 2.58. The molecule has 3 nitrogen and oxygen atoms in total. The van der Waals surface area contributed by atoms with Gasteiger partial charge in [-0.3, -0.25) is 0 Å². The molecule has 1 heterocycles. The lowest BCUT2D eigenvalue weighted by Crippen LogP contribution is -2.37. The molecule has 0 aromatic carbocycles. The highest BCUT2D eigenvalue weighted by Gasteiger charge is 2.07. The van der Waals surface area contributed by atoms with Gasteiger partial charge >= 0.3 is 0 Å². The van der Waals surface area contributed by atoms with E-state index in [4.69, 9.17) is 4.42 Å². The van der Waals surface area contributed by atoms with E-state index in [-0.39, 0.29) is 12.4 Å². The van der Waals surface area contributed by atoms with Gasteiger partial charge in [0.15, 0.2) is 0 Å². The van der Waals surface area contributed by atoms with Crippen LogP contribution >= 0.6 is 12.4 Å². The fourth-order valence-electron chi connectivity index (χ4n) is 1.63. The molecule has 0 aliphatic rings. The molecular formula is C12H23ClN2O. The highest BCUT2D eigenvalue weighted by Crippen LogP contribution is 2.05. The molecule has 1 N–H and O–H groups in total. The van der Waals surface area contributed by atoms with Crippen LogP contribution < -0.4 is 5.32 Å². The van der Waals surface area contributed by atoms with Crippen LogP contribution in [-0.2, 0) is 6.54 Å². The summed E-state index contributed by atoms with van der Waals surface area (Å²) in [4.78, 5) is 2.25. The van der Waals surface area contributed by atoms with Crippen LogP contribution in [0.15, 0.2) is 16.5 Å². The molecular weight excluding hydrogens is 224 g/mol. The predicted octanol–water partition coefficient (Wildman–Crippen LogP) is 2.44. The van der Waals surface area contributed by atoms with Crippen molar-refractivity contribution in [3.8, 4) is 0 Å². The Kier molecular flexibility index (Phi) is 7.47. The summed E-state index contributed by atoms with van der Waals surface area (Å²) >= 11 is 0. The average molecular weight is 247 g/mol. The van der Waals surface area contributed by atoms with Crippen molar-refractivity contribution in [2.45, 2.75) is 32.9 Å². The molecule has 1 atom stereocenters. The van der Waals surface area contributed by atoms with Gasteiger partial charge in [-0.1, -0.05) is 6.92 Å². The summed E-state index contributed by atoms with van der Waals surface area (Å²) in [7, 11) is 4.24. The Bertz CT molecular complexity index is 286. The monoisotopic (exact) mass is 246 g/mol. The van der Waals surface area contributed by atoms with Gasteiger partial charge in [-0.2, -0.15) is 0 Å². The van der Waals surface area contributed by atoms with Crippen molar-refractivity contribution >= 4 is 12.4 Å². The van der Waals surface area contributed by atoms with Crippen molar-refractivity contribution in [2.75, 3.05) is 20.6 Å². The number of nitrogens with one attached hydrogen (secondary N) is 1. The molecule has 94 valence electrons. The van der Waals surface area contributed by atoms with E-state index in [1.165, 1.54) is 0 Å². The number of nitrogens with zero attached hydrogens (tertiary/aromatic N) is 1. The molecule has 16 heavy (non-hydrogen) atoms. The quantitative estimate of drug-likeness (QED) is 0.836. The van der Waals surface area contributed by atoms with Crippen LogP contribution in [0.4, 0.5) is 0 Å². The minimum atomic E-state index is 0. The topological polar surface area (TPSA) is 28.4 Å². The molecule has 0 saturated carbocycles. The Morgan fingerprint density at radius 1 is 1.38 bits per heavy atom.